The number of ether oxygens (including phenoxy) is 2. The molecule has 138 valence electrons. The number of carbonyl (C=O) groups excluding carboxylic acids is 1. The van der Waals surface area contributed by atoms with E-state index in [-0.39, 0.29) is 5.97 Å². The topological polar surface area (TPSA) is 38.8 Å². The van der Waals surface area contributed by atoms with E-state index < -0.39 is 0 Å². The molecule has 1 heterocycles. The fourth-order valence-corrected chi connectivity index (χ4v) is 2.82. The zero-order chi connectivity index (χ0) is 18.8. The van der Waals surface area contributed by atoms with E-state index in [1.807, 2.05) is 38.1 Å². The predicted molar refractivity (Wildman–Crippen MR) is 107 cm³/mol. The zero-order valence-electron chi connectivity index (χ0n) is 15.8. The van der Waals surface area contributed by atoms with Crippen molar-refractivity contribution in [3.63, 3.8) is 0 Å². The van der Waals surface area contributed by atoms with Crippen molar-refractivity contribution >= 4 is 17.7 Å². The summed E-state index contributed by atoms with van der Waals surface area (Å²) in [6.07, 6.45) is 4.23. The van der Waals surface area contributed by atoms with Gasteiger partial charge >= 0.3 is 5.97 Å². The number of para-hydroxylation sites is 1. The van der Waals surface area contributed by atoms with Crippen LogP contribution in [0.1, 0.15) is 25.0 Å². The molecule has 1 aliphatic heterocycles. The van der Waals surface area contributed by atoms with Gasteiger partial charge in [0.15, 0.2) is 0 Å². The third-order valence-corrected chi connectivity index (χ3v) is 4.11. The van der Waals surface area contributed by atoms with Crippen LogP contribution in [0.5, 0.6) is 5.75 Å². The van der Waals surface area contributed by atoms with Crippen LogP contribution in [0.3, 0.4) is 0 Å². The maximum absolute atomic E-state index is 11.1. The first-order valence-corrected chi connectivity index (χ1v) is 9.08. The summed E-state index contributed by atoms with van der Waals surface area (Å²) in [7, 11) is 1.36. The third kappa shape index (κ3) is 5.38. The molecular formula is C22H27NO3. The summed E-state index contributed by atoms with van der Waals surface area (Å²) in [5, 5.41) is 0. The average molecular weight is 353 g/mol. The van der Waals surface area contributed by atoms with E-state index in [1.54, 1.807) is 6.08 Å². The molecule has 0 saturated heterocycles. The number of carbonyl (C=O) groups is 1. The van der Waals surface area contributed by atoms with Crippen molar-refractivity contribution < 1.29 is 14.3 Å². The molecule has 0 amide bonds. The first-order valence-electron chi connectivity index (χ1n) is 9.08. The van der Waals surface area contributed by atoms with Crippen molar-refractivity contribution in [1.82, 2.24) is 0 Å². The third-order valence-electron chi connectivity index (χ3n) is 4.11. The van der Waals surface area contributed by atoms with E-state index in [9.17, 15) is 4.79 Å². The van der Waals surface area contributed by atoms with Crippen molar-refractivity contribution in [3.8, 4) is 5.75 Å². The van der Waals surface area contributed by atoms with Crippen molar-refractivity contribution in [1.29, 1.82) is 0 Å². The molecule has 0 aliphatic carbocycles. The van der Waals surface area contributed by atoms with Gasteiger partial charge in [-0.15, -0.1) is 0 Å². The van der Waals surface area contributed by atoms with Crippen LogP contribution in [-0.4, -0.2) is 32.8 Å². The zero-order valence-corrected chi connectivity index (χ0v) is 15.8. The Balaban J connectivity index is 0.00000117. The molecule has 0 N–H and O–H groups in total. The molecule has 0 unspecified atom stereocenters. The lowest BCUT2D eigenvalue weighted by molar-refractivity contribution is -0.134. The molecule has 0 spiro atoms. The molecule has 0 bridgehead atoms. The molecule has 0 fully saturated rings. The van der Waals surface area contributed by atoms with E-state index in [1.165, 1.54) is 24.4 Å². The molecule has 4 nitrogen and oxygen atoms in total. The normalized spacial score (nSPS) is 12.3. The quantitative estimate of drug-likeness (QED) is 0.572. The van der Waals surface area contributed by atoms with Gasteiger partial charge < -0.3 is 14.4 Å². The van der Waals surface area contributed by atoms with Crippen molar-refractivity contribution in [2.45, 2.75) is 20.3 Å². The summed E-state index contributed by atoms with van der Waals surface area (Å²) in [6, 6.07) is 16.2. The highest BCUT2D eigenvalue weighted by molar-refractivity contribution is 5.86. The van der Waals surface area contributed by atoms with E-state index in [2.05, 4.69) is 33.9 Å². The average Bonchev–Trinajstić information content (AvgIpc) is 3.12. The van der Waals surface area contributed by atoms with Gasteiger partial charge in [-0.05, 0) is 41.8 Å². The summed E-state index contributed by atoms with van der Waals surface area (Å²) in [5.74, 6) is 0.471. The van der Waals surface area contributed by atoms with E-state index >= 15 is 0 Å². The van der Waals surface area contributed by atoms with E-state index in [4.69, 9.17) is 4.74 Å². The highest BCUT2D eigenvalue weighted by atomic mass is 16.5. The van der Waals surface area contributed by atoms with Crippen LogP contribution in [-0.2, 0) is 16.0 Å². The van der Waals surface area contributed by atoms with Crippen LogP contribution in [0.25, 0.3) is 6.08 Å². The van der Waals surface area contributed by atoms with Crippen LogP contribution < -0.4 is 9.64 Å². The molecule has 26 heavy (non-hydrogen) atoms. The second-order valence-corrected chi connectivity index (χ2v) is 5.64. The monoisotopic (exact) mass is 353 g/mol. The summed E-state index contributed by atoms with van der Waals surface area (Å²) in [5.41, 5.74) is 3.67. The number of methoxy groups -OCH3 is 1. The van der Waals surface area contributed by atoms with Crippen LogP contribution >= 0.6 is 0 Å². The number of rotatable bonds is 6. The largest absolute Gasteiger partial charge is 0.492 e. The molecule has 0 atom stereocenters. The molecular weight excluding hydrogens is 326 g/mol. The lowest BCUT2D eigenvalue weighted by Crippen LogP contribution is -2.26. The molecule has 0 radical (unpaired) electrons. The number of hydrogen-bond donors (Lipinski definition) is 0. The van der Waals surface area contributed by atoms with Crippen molar-refractivity contribution in [2.75, 3.05) is 31.7 Å². The molecule has 0 saturated carbocycles. The molecule has 2 aromatic carbocycles. The number of benzene rings is 2. The SMILES string of the molecule is CC.COC(=O)/C=C/c1ccc(OCCN2CCc3ccccc32)cc1. The minimum Gasteiger partial charge on any atom is -0.492 e. The van der Waals surface area contributed by atoms with Gasteiger partial charge in [0, 0.05) is 18.3 Å². The Morgan fingerprint density at radius 2 is 1.85 bits per heavy atom. The van der Waals surface area contributed by atoms with E-state index in [0.29, 0.717) is 6.61 Å². The van der Waals surface area contributed by atoms with Gasteiger partial charge in [0.1, 0.15) is 12.4 Å². The van der Waals surface area contributed by atoms with Gasteiger partial charge in [0.2, 0.25) is 0 Å². The van der Waals surface area contributed by atoms with Crippen LogP contribution in [0, 0.1) is 0 Å². The number of hydrogen-bond acceptors (Lipinski definition) is 4. The van der Waals surface area contributed by atoms with Crippen LogP contribution in [0.4, 0.5) is 5.69 Å². The highest BCUT2D eigenvalue weighted by Crippen LogP contribution is 2.26. The maximum Gasteiger partial charge on any atom is 0.330 e. The predicted octanol–water partition coefficient (Wildman–Crippen LogP) is 4.34. The Labute approximate surface area is 156 Å². The molecule has 3 rings (SSSR count). The Bertz CT molecular complexity index is 722. The summed E-state index contributed by atoms with van der Waals surface area (Å²) in [6.45, 7) is 6.58. The highest BCUT2D eigenvalue weighted by Gasteiger charge is 2.17. The fraction of sp³-hybridized carbons (Fsp3) is 0.318. The molecule has 1 aliphatic rings. The van der Waals surface area contributed by atoms with Gasteiger partial charge in [-0.25, -0.2) is 4.79 Å². The second kappa shape index (κ2) is 10.3. The number of anilines is 1. The smallest absolute Gasteiger partial charge is 0.330 e. The standard InChI is InChI=1S/C20H21NO3.C2H6/c1-23-20(22)11-8-16-6-9-18(10-7-16)24-15-14-21-13-12-17-4-2-3-5-19(17)21;1-2/h2-11H,12-15H2,1H3;1-2H3/b11-8+;. The second-order valence-electron chi connectivity index (χ2n) is 5.64. The van der Waals surface area contributed by atoms with Crippen LogP contribution in [0.2, 0.25) is 0 Å². The summed E-state index contributed by atoms with van der Waals surface area (Å²) < 4.78 is 10.4. The minimum absolute atomic E-state index is 0.360. The lowest BCUT2D eigenvalue weighted by Gasteiger charge is -2.19. The first kappa shape index (κ1) is 19.6. The number of nitrogens with zero attached hydrogens (tertiary/aromatic N) is 1. The minimum atomic E-state index is -0.360. The summed E-state index contributed by atoms with van der Waals surface area (Å²) >= 11 is 0. The molecule has 2 aromatic rings. The first-order chi connectivity index (χ1) is 12.8. The van der Waals surface area contributed by atoms with Crippen molar-refractivity contribution in [2.24, 2.45) is 0 Å². The molecule has 4 heteroatoms. The number of esters is 1. The van der Waals surface area contributed by atoms with E-state index in [0.717, 1.165) is 30.8 Å². The Morgan fingerprint density at radius 3 is 2.58 bits per heavy atom. The van der Waals surface area contributed by atoms with Gasteiger partial charge in [-0.3, -0.25) is 0 Å². The van der Waals surface area contributed by atoms with Gasteiger partial charge in [-0.2, -0.15) is 0 Å². The Morgan fingerprint density at radius 1 is 1.12 bits per heavy atom. The number of fused-ring (bicyclic) bond motifs is 1. The van der Waals surface area contributed by atoms with Gasteiger partial charge in [-0.1, -0.05) is 44.2 Å². The summed E-state index contributed by atoms with van der Waals surface area (Å²) in [4.78, 5) is 13.4. The van der Waals surface area contributed by atoms with Crippen molar-refractivity contribution in [3.05, 3.63) is 65.7 Å². The van der Waals surface area contributed by atoms with Gasteiger partial charge in [0.05, 0.1) is 13.7 Å². The lowest BCUT2D eigenvalue weighted by atomic mass is 10.2. The van der Waals surface area contributed by atoms with Gasteiger partial charge in [0.25, 0.3) is 0 Å². The van der Waals surface area contributed by atoms with Crippen LogP contribution in [0.15, 0.2) is 54.6 Å². The Hall–Kier alpha value is -2.75. The maximum atomic E-state index is 11.1. The Kier molecular flexibility index (Phi) is 7.75. The fourth-order valence-electron chi connectivity index (χ4n) is 2.82. The molecule has 0 aromatic heterocycles.